The molecule has 18 heavy (non-hydrogen) atoms. The predicted octanol–water partition coefficient (Wildman–Crippen LogP) is 6.52. The monoisotopic (exact) mass is 407 g/mol. The molecule has 98 valence electrons. The molecule has 0 aliphatic heterocycles. The molecule has 2 aromatic rings. The topological polar surface area (TPSA) is 12.9 Å². The molecule has 0 aliphatic carbocycles. The number of rotatable bonds is 6. The van der Waals surface area contributed by atoms with Gasteiger partial charge in [-0.25, -0.2) is 4.98 Å². The lowest BCUT2D eigenvalue weighted by Gasteiger charge is -2.02. The fraction of sp³-hybridized carbons (Fsp3) is 0.462. The van der Waals surface area contributed by atoms with Gasteiger partial charge in [-0.1, -0.05) is 26.2 Å². The highest BCUT2D eigenvalue weighted by atomic mass is 79.9. The van der Waals surface area contributed by atoms with Crippen LogP contribution in [0, 0.1) is 0 Å². The molecular weight excluding hydrogens is 394 g/mol. The molecule has 0 unspecified atom stereocenters. The summed E-state index contributed by atoms with van der Waals surface area (Å²) in [7, 11) is 0. The molecule has 0 spiro atoms. The molecule has 0 atom stereocenters. The highest BCUT2D eigenvalue weighted by Crippen LogP contribution is 2.44. The van der Waals surface area contributed by atoms with Gasteiger partial charge in [-0.05, 0) is 50.3 Å². The Morgan fingerprint density at radius 1 is 1.22 bits per heavy atom. The summed E-state index contributed by atoms with van der Waals surface area (Å²) < 4.78 is 2.40. The minimum atomic E-state index is 1.14. The van der Waals surface area contributed by atoms with Crippen LogP contribution in [-0.4, -0.2) is 4.98 Å². The molecule has 2 rings (SSSR count). The molecule has 1 nitrogen and oxygen atoms in total. The van der Waals surface area contributed by atoms with Gasteiger partial charge < -0.3 is 0 Å². The van der Waals surface area contributed by atoms with Crippen LogP contribution in [0.3, 0.4) is 0 Å². The second kappa shape index (κ2) is 7.17. The number of aromatic nitrogens is 1. The predicted molar refractivity (Wildman–Crippen MR) is 88.7 cm³/mol. The highest BCUT2D eigenvalue weighted by molar-refractivity contribution is 9.13. The van der Waals surface area contributed by atoms with E-state index in [1.54, 1.807) is 22.7 Å². The average molecular weight is 409 g/mol. The second-order valence-corrected chi connectivity index (χ2v) is 8.17. The third-order valence-corrected chi connectivity index (χ3v) is 7.31. The third-order valence-electron chi connectivity index (χ3n) is 2.81. The van der Waals surface area contributed by atoms with Crippen molar-refractivity contribution in [1.82, 2.24) is 4.98 Å². The van der Waals surface area contributed by atoms with Gasteiger partial charge >= 0.3 is 0 Å². The number of thiazole rings is 1. The Balaban J connectivity index is 2.17. The van der Waals surface area contributed by atoms with Crippen LogP contribution in [0.5, 0.6) is 0 Å². The van der Waals surface area contributed by atoms with Crippen molar-refractivity contribution in [2.45, 2.75) is 39.0 Å². The molecule has 5 heteroatoms. The number of unbranched alkanes of at least 4 members (excludes halogenated alkanes) is 3. The fourth-order valence-electron chi connectivity index (χ4n) is 1.87. The van der Waals surface area contributed by atoms with E-state index in [4.69, 9.17) is 0 Å². The summed E-state index contributed by atoms with van der Waals surface area (Å²) in [5.41, 5.74) is 1.41. The number of halogens is 2. The lowest BCUT2D eigenvalue weighted by molar-refractivity contribution is 0.667. The fourth-order valence-corrected chi connectivity index (χ4v) is 5.10. The minimum Gasteiger partial charge on any atom is -0.244 e. The molecule has 0 fully saturated rings. The van der Waals surface area contributed by atoms with Crippen LogP contribution in [-0.2, 0) is 6.42 Å². The Morgan fingerprint density at radius 3 is 2.72 bits per heavy atom. The number of thiophene rings is 1. The molecule has 2 heterocycles. The van der Waals surface area contributed by atoms with Gasteiger partial charge in [-0.2, -0.15) is 0 Å². The van der Waals surface area contributed by atoms with Crippen LogP contribution in [0.15, 0.2) is 19.8 Å². The van der Waals surface area contributed by atoms with Crippen molar-refractivity contribution in [3.05, 3.63) is 25.4 Å². The maximum absolute atomic E-state index is 4.43. The molecule has 0 amide bonds. The van der Waals surface area contributed by atoms with E-state index in [9.17, 15) is 0 Å². The molecule has 0 aliphatic rings. The average Bonchev–Trinajstić information content (AvgIpc) is 2.97. The zero-order valence-electron chi connectivity index (χ0n) is 10.2. The van der Waals surface area contributed by atoms with Crippen molar-refractivity contribution in [1.29, 1.82) is 0 Å². The van der Waals surface area contributed by atoms with E-state index in [1.165, 1.54) is 44.4 Å². The van der Waals surface area contributed by atoms with Crippen molar-refractivity contribution >= 4 is 54.5 Å². The van der Waals surface area contributed by atoms with E-state index >= 15 is 0 Å². The molecule has 2 aromatic heterocycles. The van der Waals surface area contributed by atoms with E-state index < -0.39 is 0 Å². The van der Waals surface area contributed by atoms with Gasteiger partial charge in [0.2, 0.25) is 0 Å². The minimum absolute atomic E-state index is 1.14. The smallest absolute Gasteiger partial charge is 0.133 e. The maximum Gasteiger partial charge on any atom is 0.133 e. The Kier molecular flexibility index (Phi) is 5.86. The SMILES string of the molecule is CCCCCCc1c(-c2nccs2)sc(Br)c1Br. The van der Waals surface area contributed by atoms with Gasteiger partial charge in [0.25, 0.3) is 0 Å². The first kappa shape index (κ1) is 14.7. The number of nitrogens with zero attached hydrogens (tertiary/aromatic N) is 1. The molecule has 0 saturated carbocycles. The van der Waals surface area contributed by atoms with E-state index in [0.717, 1.165) is 11.4 Å². The number of hydrogen-bond acceptors (Lipinski definition) is 3. The van der Waals surface area contributed by atoms with Gasteiger partial charge in [-0.15, -0.1) is 22.7 Å². The summed E-state index contributed by atoms with van der Waals surface area (Å²) in [6.07, 6.45) is 8.20. The normalized spacial score (nSPS) is 11.1. The van der Waals surface area contributed by atoms with Crippen LogP contribution < -0.4 is 0 Å². The van der Waals surface area contributed by atoms with Crippen molar-refractivity contribution < 1.29 is 0 Å². The van der Waals surface area contributed by atoms with Crippen molar-refractivity contribution in [2.75, 3.05) is 0 Å². The standard InChI is InChI=1S/C13H15Br2NS2/c1-2-3-4-5-6-9-10(14)12(15)18-11(9)13-16-7-8-17-13/h7-8H,2-6H2,1H3. The molecular formula is C13H15Br2NS2. The number of hydrogen-bond donors (Lipinski definition) is 0. The molecule has 0 N–H and O–H groups in total. The Labute approximate surface area is 133 Å². The van der Waals surface area contributed by atoms with E-state index in [2.05, 4.69) is 43.8 Å². The van der Waals surface area contributed by atoms with Crippen molar-refractivity contribution in [3.63, 3.8) is 0 Å². The largest absolute Gasteiger partial charge is 0.244 e. The first-order valence-corrected chi connectivity index (χ1v) is 9.38. The van der Waals surface area contributed by atoms with E-state index in [1.807, 2.05) is 11.6 Å². The van der Waals surface area contributed by atoms with Gasteiger partial charge in [0, 0.05) is 16.0 Å². The van der Waals surface area contributed by atoms with Crippen LogP contribution in [0.25, 0.3) is 9.88 Å². The summed E-state index contributed by atoms with van der Waals surface area (Å²) in [5, 5.41) is 3.18. The van der Waals surface area contributed by atoms with Crippen LogP contribution >= 0.6 is 54.5 Å². The van der Waals surface area contributed by atoms with E-state index in [-0.39, 0.29) is 0 Å². The van der Waals surface area contributed by atoms with Crippen LogP contribution in [0.1, 0.15) is 38.2 Å². The summed E-state index contributed by atoms with van der Waals surface area (Å²) >= 11 is 10.8. The Hall–Kier alpha value is 0.290. The Bertz CT molecular complexity index is 491. The zero-order valence-corrected chi connectivity index (χ0v) is 15.0. The molecule has 0 radical (unpaired) electrons. The van der Waals surface area contributed by atoms with Crippen molar-refractivity contribution in [3.8, 4) is 9.88 Å². The quantitative estimate of drug-likeness (QED) is 0.495. The maximum atomic E-state index is 4.43. The lowest BCUT2D eigenvalue weighted by atomic mass is 10.1. The molecule has 0 bridgehead atoms. The summed E-state index contributed by atoms with van der Waals surface area (Å²) in [4.78, 5) is 5.75. The van der Waals surface area contributed by atoms with Gasteiger partial charge in [0.05, 0.1) is 8.66 Å². The molecule has 0 saturated heterocycles. The summed E-state index contributed by atoms with van der Waals surface area (Å²) in [6.45, 7) is 2.25. The van der Waals surface area contributed by atoms with Crippen LogP contribution in [0.2, 0.25) is 0 Å². The zero-order chi connectivity index (χ0) is 13.0. The Morgan fingerprint density at radius 2 is 2.06 bits per heavy atom. The molecule has 0 aromatic carbocycles. The van der Waals surface area contributed by atoms with Gasteiger partial charge in [0.15, 0.2) is 0 Å². The van der Waals surface area contributed by atoms with Gasteiger partial charge in [-0.3, -0.25) is 0 Å². The summed E-state index contributed by atoms with van der Waals surface area (Å²) in [6, 6.07) is 0. The van der Waals surface area contributed by atoms with E-state index in [0.29, 0.717) is 0 Å². The first-order valence-electron chi connectivity index (χ1n) is 6.10. The third kappa shape index (κ3) is 3.44. The lowest BCUT2D eigenvalue weighted by Crippen LogP contribution is -1.87. The van der Waals surface area contributed by atoms with Crippen molar-refractivity contribution in [2.24, 2.45) is 0 Å². The first-order chi connectivity index (χ1) is 8.74. The second-order valence-electron chi connectivity index (χ2n) is 4.15. The summed E-state index contributed by atoms with van der Waals surface area (Å²) in [5.74, 6) is 0. The van der Waals surface area contributed by atoms with Crippen LogP contribution in [0.4, 0.5) is 0 Å². The van der Waals surface area contributed by atoms with Gasteiger partial charge in [0.1, 0.15) is 5.01 Å². The highest BCUT2D eigenvalue weighted by Gasteiger charge is 2.17.